The van der Waals surface area contributed by atoms with Gasteiger partial charge in [-0.2, -0.15) is 0 Å². The van der Waals surface area contributed by atoms with E-state index in [0.717, 1.165) is 0 Å². The second-order valence-electron chi connectivity index (χ2n) is 2.57. The fraction of sp³-hybridized carbons (Fsp3) is 0.889. The standard InChI is InChI=1S/C9H18O5/c1-11-5-7-13-4-3-9(10)14-8-6-12-2/h3-8H2,1-2H3. The van der Waals surface area contributed by atoms with Gasteiger partial charge in [-0.3, -0.25) is 4.79 Å². The third-order valence-corrected chi connectivity index (χ3v) is 1.43. The highest BCUT2D eigenvalue weighted by atomic mass is 16.6. The van der Waals surface area contributed by atoms with E-state index in [1.54, 1.807) is 14.2 Å². The zero-order chi connectivity index (χ0) is 10.6. The van der Waals surface area contributed by atoms with E-state index in [1.807, 2.05) is 0 Å². The summed E-state index contributed by atoms with van der Waals surface area (Å²) in [6.45, 7) is 2.14. The van der Waals surface area contributed by atoms with Crippen molar-refractivity contribution in [2.24, 2.45) is 0 Å². The normalized spacial score (nSPS) is 10.1. The van der Waals surface area contributed by atoms with Crippen molar-refractivity contribution in [3.8, 4) is 0 Å². The summed E-state index contributed by atoms with van der Waals surface area (Å²) in [7, 11) is 3.16. The van der Waals surface area contributed by atoms with Crippen LogP contribution in [0.3, 0.4) is 0 Å². The van der Waals surface area contributed by atoms with Crippen LogP contribution in [0, 0.1) is 0 Å². The minimum absolute atomic E-state index is 0.264. The molecule has 0 unspecified atom stereocenters. The topological polar surface area (TPSA) is 54.0 Å². The molecular weight excluding hydrogens is 188 g/mol. The van der Waals surface area contributed by atoms with Crippen LogP contribution in [0.1, 0.15) is 6.42 Å². The maximum Gasteiger partial charge on any atom is 0.308 e. The summed E-state index contributed by atoms with van der Waals surface area (Å²) < 4.78 is 19.4. The third kappa shape index (κ3) is 9.44. The van der Waals surface area contributed by atoms with Crippen LogP contribution in [0.15, 0.2) is 0 Å². The van der Waals surface area contributed by atoms with E-state index in [-0.39, 0.29) is 12.4 Å². The van der Waals surface area contributed by atoms with Crippen molar-refractivity contribution in [2.45, 2.75) is 6.42 Å². The van der Waals surface area contributed by atoms with Gasteiger partial charge in [-0.05, 0) is 0 Å². The van der Waals surface area contributed by atoms with E-state index in [1.165, 1.54) is 0 Å². The lowest BCUT2D eigenvalue weighted by atomic mass is 10.5. The van der Waals surface area contributed by atoms with Gasteiger partial charge < -0.3 is 18.9 Å². The quantitative estimate of drug-likeness (QED) is 0.399. The van der Waals surface area contributed by atoms with Crippen molar-refractivity contribution in [3.63, 3.8) is 0 Å². The molecule has 0 heterocycles. The van der Waals surface area contributed by atoms with Crippen molar-refractivity contribution in [2.75, 3.05) is 47.3 Å². The first kappa shape index (κ1) is 13.4. The molecule has 0 aliphatic heterocycles. The molecule has 0 aliphatic carbocycles. The Morgan fingerprint density at radius 1 is 0.929 bits per heavy atom. The van der Waals surface area contributed by atoms with Crippen LogP contribution in [0.5, 0.6) is 0 Å². The average molecular weight is 206 g/mol. The van der Waals surface area contributed by atoms with Crippen LogP contribution in [0.25, 0.3) is 0 Å². The minimum atomic E-state index is -0.264. The first-order chi connectivity index (χ1) is 6.81. The minimum Gasteiger partial charge on any atom is -0.463 e. The smallest absolute Gasteiger partial charge is 0.308 e. The summed E-state index contributed by atoms with van der Waals surface area (Å²) in [5, 5.41) is 0. The van der Waals surface area contributed by atoms with Crippen molar-refractivity contribution >= 4 is 5.97 Å². The molecular formula is C9H18O5. The zero-order valence-corrected chi connectivity index (χ0v) is 8.78. The van der Waals surface area contributed by atoms with Crippen LogP contribution in [-0.4, -0.2) is 53.2 Å². The fourth-order valence-electron chi connectivity index (χ4n) is 0.711. The Balaban J connectivity index is 3.10. The van der Waals surface area contributed by atoms with Crippen LogP contribution in [0.4, 0.5) is 0 Å². The predicted molar refractivity (Wildman–Crippen MR) is 50.1 cm³/mol. The number of methoxy groups -OCH3 is 2. The van der Waals surface area contributed by atoms with Gasteiger partial charge in [0.1, 0.15) is 6.61 Å². The lowest BCUT2D eigenvalue weighted by Gasteiger charge is -2.04. The first-order valence-corrected chi connectivity index (χ1v) is 4.52. The van der Waals surface area contributed by atoms with Gasteiger partial charge in [0.25, 0.3) is 0 Å². The van der Waals surface area contributed by atoms with Crippen LogP contribution >= 0.6 is 0 Å². The van der Waals surface area contributed by atoms with Gasteiger partial charge in [0.15, 0.2) is 0 Å². The molecule has 0 bridgehead atoms. The van der Waals surface area contributed by atoms with E-state index >= 15 is 0 Å². The van der Waals surface area contributed by atoms with Gasteiger partial charge in [0.2, 0.25) is 0 Å². The molecule has 5 nitrogen and oxygen atoms in total. The van der Waals surface area contributed by atoms with Crippen molar-refractivity contribution in [1.29, 1.82) is 0 Å². The van der Waals surface area contributed by atoms with E-state index < -0.39 is 0 Å². The highest BCUT2D eigenvalue weighted by molar-refractivity contribution is 5.69. The van der Waals surface area contributed by atoms with E-state index in [0.29, 0.717) is 33.0 Å². The Hall–Kier alpha value is -0.650. The summed E-state index contributed by atoms with van der Waals surface area (Å²) in [5.74, 6) is -0.264. The molecule has 84 valence electrons. The van der Waals surface area contributed by atoms with E-state index in [2.05, 4.69) is 0 Å². The molecule has 5 heteroatoms. The van der Waals surface area contributed by atoms with E-state index in [4.69, 9.17) is 18.9 Å². The highest BCUT2D eigenvalue weighted by Gasteiger charge is 2.01. The molecule has 0 saturated heterocycles. The Kier molecular flexibility index (Phi) is 9.95. The third-order valence-electron chi connectivity index (χ3n) is 1.43. The molecule has 0 radical (unpaired) electrons. The molecule has 14 heavy (non-hydrogen) atoms. The van der Waals surface area contributed by atoms with Gasteiger partial charge in [-0.1, -0.05) is 0 Å². The van der Waals surface area contributed by atoms with Gasteiger partial charge in [-0.25, -0.2) is 0 Å². The SMILES string of the molecule is COCCOCCC(=O)OCCOC. The first-order valence-electron chi connectivity index (χ1n) is 4.52. The second-order valence-corrected chi connectivity index (χ2v) is 2.57. The predicted octanol–water partition coefficient (Wildman–Crippen LogP) is 0.229. The molecule has 0 aromatic rings. The van der Waals surface area contributed by atoms with Crippen molar-refractivity contribution < 1.29 is 23.7 Å². The van der Waals surface area contributed by atoms with Gasteiger partial charge in [0.05, 0.1) is 32.8 Å². The van der Waals surface area contributed by atoms with Gasteiger partial charge in [0, 0.05) is 14.2 Å². The number of rotatable bonds is 9. The fourth-order valence-corrected chi connectivity index (χ4v) is 0.711. The Morgan fingerprint density at radius 3 is 2.21 bits per heavy atom. The summed E-state index contributed by atoms with van der Waals surface area (Å²) in [4.78, 5) is 11.0. The number of carbonyl (C=O) groups excluding carboxylic acids is 1. The Labute approximate surface area is 84.3 Å². The maximum absolute atomic E-state index is 11.0. The molecule has 0 aromatic carbocycles. The molecule has 0 atom stereocenters. The number of carbonyl (C=O) groups is 1. The average Bonchev–Trinajstić information content (AvgIpc) is 2.18. The largest absolute Gasteiger partial charge is 0.463 e. The molecule has 0 aromatic heterocycles. The number of esters is 1. The summed E-state index contributed by atoms with van der Waals surface area (Å²) in [6.07, 6.45) is 0.271. The highest BCUT2D eigenvalue weighted by Crippen LogP contribution is 1.88. The molecule has 0 amide bonds. The molecule has 0 saturated carbocycles. The molecule has 0 fully saturated rings. The number of ether oxygens (including phenoxy) is 4. The lowest BCUT2D eigenvalue weighted by Crippen LogP contribution is -2.13. The molecule has 0 rings (SSSR count). The van der Waals surface area contributed by atoms with Crippen molar-refractivity contribution in [1.82, 2.24) is 0 Å². The monoisotopic (exact) mass is 206 g/mol. The van der Waals surface area contributed by atoms with Crippen LogP contribution in [-0.2, 0) is 23.7 Å². The number of hydrogen-bond acceptors (Lipinski definition) is 5. The van der Waals surface area contributed by atoms with Gasteiger partial charge >= 0.3 is 5.97 Å². The van der Waals surface area contributed by atoms with Gasteiger partial charge in [-0.15, -0.1) is 0 Å². The summed E-state index contributed by atoms with van der Waals surface area (Å²) in [6, 6.07) is 0. The lowest BCUT2D eigenvalue weighted by molar-refractivity contribution is -0.146. The second kappa shape index (κ2) is 10.4. The summed E-state index contributed by atoms with van der Waals surface area (Å²) >= 11 is 0. The van der Waals surface area contributed by atoms with Crippen molar-refractivity contribution in [3.05, 3.63) is 0 Å². The van der Waals surface area contributed by atoms with E-state index in [9.17, 15) is 4.79 Å². The van der Waals surface area contributed by atoms with Crippen LogP contribution < -0.4 is 0 Å². The zero-order valence-electron chi connectivity index (χ0n) is 8.78. The Bertz CT molecular complexity index is 137. The molecule has 0 N–H and O–H groups in total. The molecule has 0 aliphatic rings. The summed E-state index contributed by atoms with van der Waals surface area (Å²) in [5.41, 5.74) is 0. The number of hydrogen-bond donors (Lipinski definition) is 0. The maximum atomic E-state index is 11.0. The van der Waals surface area contributed by atoms with Crippen LogP contribution in [0.2, 0.25) is 0 Å². The molecule has 0 spiro atoms. The Morgan fingerprint density at radius 2 is 1.57 bits per heavy atom.